The lowest BCUT2D eigenvalue weighted by Gasteiger charge is -2.34. The number of aromatic nitrogens is 2. The van der Waals surface area contributed by atoms with E-state index < -0.39 is 0 Å². The van der Waals surface area contributed by atoms with E-state index in [-0.39, 0.29) is 17.8 Å². The van der Waals surface area contributed by atoms with Crippen molar-refractivity contribution >= 4 is 29.0 Å². The Morgan fingerprint density at radius 1 is 1.10 bits per heavy atom. The Kier molecular flexibility index (Phi) is 6.97. The zero-order chi connectivity index (χ0) is 20.9. The van der Waals surface area contributed by atoms with E-state index >= 15 is 0 Å². The number of aromatic amines is 1. The number of para-hydroxylation sites is 1. The van der Waals surface area contributed by atoms with E-state index in [2.05, 4.69) is 4.98 Å². The molecule has 4 rings (SSSR count). The third kappa shape index (κ3) is 4.82. The second kappa shape index (κ2) is 9.85. The molecule has 1 amide bonds. The predicted octanol–water partition coefficient (Wildman–Crippen LogP) is 3.23. The van der Waals surface area contributed by atoms with Crippen molar-refractivity contribution in [1.82, 2.24) is 14.5 Å². The highest BCUT2D eigenvalue weighted by Crippen LogP contribution is 2.26. The van der Waals surface area contributed by atoms with Crippen LogP contribution in [0.15, 0.2) is 29.1 Å². The molecule has 0 aliphatic carbocycles. The Bertz CT molecular complexity index is 988. The van der Waals surface area contributed by atoms with Crippen LogP contribution in [0.25, 0.3) is 10.9 Å². The zero-order valence-electron chi connectivity index (χ0n) is 17.2. The van der Waals surface area contributed by atoms with E-state index in [0.29, 0.717) is 42.3 Å². The summed E-state index contributed by atoms with van der Waals surface area (Å²) in [5.74, 6) is 0.628. The van der Waals surface area contributed by atoms with Crippen LogP contribution in [0.3, 0.4) is 0 Å². The molecule has 0 atom stereocenters. The van der Waals surface area contributed by atoms with Gasteiger partial charge in [-0.2, -0.15) is 0 Å². The number of amides is 1. The number of rotatable bonds is 7. The molecule has 2 aliphatic heterocycles. The van der Waals surface area contributed by atoms with Crippen LogP contribution >= 0.6 is 12.2 Å². The Labute approximate surface area is 181 Å². The Hall–Kier alpha value is -2.03. The number of unbranched alkanes of at least 4 members (excludes halogenated alkanes) is 2. The largest absolute Gasteiger partial charge is 0.350 e. The summed E-state index contributed by atoms with van der Waals surface area (Å²) in [6, 6.07) is 7.41. The van der Waals surface area contributed by atoms with Gasteiger partial charge in [-0.05, 0) is 50.0 Å². The van der Waals surface area contributed by atoms with E-state index in [4.69, 9.17) is 21.7 Å². The summed E-state index contributed by atoms with van der Waals surface area (Å²) in [5.41, 5.74) is 0.715. The number of nitrogens with zero attached hydrogens (tertiary/aromatic N) is 2. The minimum Gasteiger partial charge on any atom is -0.350 e. The van der Waals surface area contributed by atoms with Crippen molar-refractivity contribution in [1.29, 1.82) is 0 Å². The van der Waals surface area contributed by atoms with Crippen LogP contribution in [0.5, 0.6) is 0 Å². The third-order valence-electron chi connectivity index (χ3n) is 6.09. The highest BCUT2D eigenvalue weighted by Gasteiger charge is 2.31. The number of fused-ring (bicyclic) bond motifs is 1. The lowest BCUT2D eigenvalue weighted by molar-refractivity contribution is -0.137. The van der Waals surface area contributed by atoms with Crippen molar-refractivity contribution in [3.05, 3.63) is 39.4 Å². The average molecular weight is 432 g/mol. The summed E-state index contributed by atoms with van der Waals surface area (Å²) < 4.78 is 13.3. The number of benzene rings is 1. The minimum absolute atomic E-state index is 0.0523. The molecule has 1 aromatic carbocycles. The number of hydrogen-bond acceptors (Lipinski definition) is 5. The van der Waals surface area contributed by atoms with Crippen molar-refractivity contribution in [2.45, 2.75) is 51.4 Å². The molecule has 0 radical (unpaired) electrons. The highest BCUT2D eigenvalue weighted by molar-refractivity contribution is 7.71. The smallest absolute Gasteiger partial charge is 0.262 e. The summed E-state index contributed by atoms with van der Waals surface area (Å²) in [4.78, 5) is 30.2. The fourth-order valence-electron chi connectivity index (χ4n) is 4.35. The lowest BCUT2D eigenvalue weighted by Crippen LogP contribution is -2.41. The van der Waals surface area contributed by atoms with Gasteiger partial charge in [0.15, 0.2) is 11.1 Å². The van der Waals surface area contributed by atoms with Gasteiger partial charge in [0.2, 0.25) is 5.91 Å². The molecule has 8 heteroatoms. The number of nitrogens with one attached hydrogen (secondary N) is 1. The quantitative estimate of drug-likeness (QED) is 0.538. The SMILES string of the molecule is O=C(CCCCCn1c(=S)[nH]c2ccccc2c1=O)N1CCC(C2OCCO2)CC1. The monoisotopic (exact) mass is 431 g/mol. The van der Waals surface area contributed by atoms with Crippen molar-refractivity contribution in [3.63, 3.8) is 0 Å². The van der Waals surface area contributed by atoms with Gasteiger partial charge in [-0.25, -0.2) is 0 Å². The maximum Gasteiger partial charge on any atom is 0.262 e. The van der Waals surface area contributed by atoms with Crippen LogP contribution in [0.1, 0.15) is 38.5 Å². The van der Waals surface area contributed by atoms with Gasteiger partial charge in [0.1, 0.15) is 0 Å². The highest BCUT2D eigenvalue weighted by atomic mass is 32.1. The van der Waals surface area contributed by atoms with Gasteiger partial charge in [-0.3, -0.25) is 14.2 Å². The van der Waals surface area contributed by atoms with E-state index in [9.17, 15) is 9.59 Å². The number of piperidine rings is 1. The van der Waals surface area contributed by atoms with E-state index in [0.717, 1.165) is 50.7 Å². The maximum atomic E-state index is 12.6. The molecule has 0 saturated carbocycles. The molecular weight excluding hydrogens is 402 g/mol. The molecule has 1 aromatic heterocycles. The standard InChI is InChI=1S/C22H29N3O4S/c26-19(24-12-9-16(10-13-24)21-28-14-15-29-21)8-2-1-5-11-25-20(27)17-6-3-4-7-18(17)23-22(25)30/h3-4,6-7,16,21H,1-2,5,8-15H2,(H,23,30). The maximum absolute atomic E-state index is 12.6. The predicted molar refractivity (Wildman–Crippen MR) is 117 cm³/mol. The molecule has 3 heterocycles. The summed E-state index contributed by atoms with van der Waals surface area (Å²) >= 11 is 5.35. The van der Waals surface area contributed by atoms with Gasteiger partial charge >= 0.3 is 0 Å². The lowest BCUT2D eigenvalue weighted by atomic mass is 9.96. The molecule has 0 bridgehead atoms. The molecular formula is C22H29N3O4S. The van der Waals surface area contributed by atoms with Gasteiger partial charge in [0, 0.05) is 32.0 Å². The minimum atomic E-state index is -0.0766. The summed E-state index contributed by atoms with van der Waals surface area (Å²) in [6.45, 7) is 3.50. The van der Waals surface area contributed by atoms with Crippen LogP contribution in [0.4, 0.5) is 0 Å². The van der Waals surface area contributed by atoms with Gasteiger partial charge in [-0.1, -0.05) is 18.6 Å². The fourth-order valence-corrected chi connectivity index (χ4v) is 4.64. The first kappa shape index (κ1) is 21.2. The number of carbonyl (C=O) groups is 1. The van der Waals surface area contributed by atoms with Crippen molar-refractivity contribution in [3.8, 4) is 0 Å². The number of hydrogen-bond donors (Lipinski definition) is 1. The van der Waals surface area contributed by atoms with Crippen LogP contribution < -0.4 is 5.56 Å². The molecule has 7 nitrogen and oxygen atoms in total. The Morgan fingerprint density at radius 3 is 2.60 bits per heavy atom. The first-order valence-electron chi connectivity index (χ1n) is 10.9. The van der Waals surface area contributed by atoms with Gasteiger partial charge in [0.25, 0.3) is 5.56 Å². The van der Waals surface area contributed by atoms with Crippen molar-refractivity contribution < 1.29 is 14.3 Å². The number of likely N-dealkylation sites (tertiary alicyclic amines) is 1. The number of ether oxygens (including phenoxy) is 2. The molecule has 0 spiro atoms. The van der Waals surface area contributed by atoms with Crippen LogP contribution in [0, 0.1) is 10.7 Å². The van der Waals surface area contributed by atoms with Crippen LogP contribution in [0.2, 0.25) is 0 Å². The normalized spacial score (nSPS) is 18.3. The molecule has 2 aromatic rings. The van der Waals surface area contributed by atoms with E-state index in [1.165, 1.54) is 0 Å². The van der Waals surface area contributed by atoms with Gasteiger partial charge in [0.05, 0.1) is 24.1 Å². The molecule has 0 unspecified atom stereocenters. The molecule has 2 saturated heterocycles. The van der Waals surface area contributed by atoms with E-state index in [1.54, 1.807) is 4.57 Å². The van der Waals surface area contributed by atoms with Crippen LogP contribution in [-0.2, 0) is 20.8 Å². The summed E-state index contributed by atoms with van der Waals surface area (Å²) in [7, 11) is 0. The second-order valence-corrected chi connectivity index (χ2v) is 8.46. The van der Waals surface area contributed by atoms with Gasteiger partial charge < -0.3 is 19.4 Å². The molecule has 30 heavy (non-hydrogen) atoms. The summed E-state index contributed by atoms with van der Waals surface area (Å²) in [6.07, 6.45) is 4.90. The van der Waals surface area contributed by atoms with Crippen molar-refractivity contribution in [2.24, 2.45) is 5.92 Å². The molecule has 1 N–H and O–H groups in total. The first-order valence-corrected chi connectivity index (χ1v) is 11.3. The van der Waals surface area contributed by atoms with Crippen LogP contribution in [-0.4, -0.2) is 53.0 Å². The van der Waals surface area contributed by atoms with Gasteiger partial charge in [-0.15, -0.1) is 0 Å². The Morgan fingerprint density at radius 2 is 1.83 bits per heavy atom. The summed E-state index contributed by atoms with van der Waals surface area (Å²) in [5, 5.41) is 0.651. The Balaban J connectivity index is 1.20. The average Bonchev–Trinajstić information content (AvgIpc) is 3.30. The first-order chi connectivity index (χ1) is 14.6. The van der Waals surface area contributed by atoms with E-state index in [1.807, 2.05) is 29.2 Å². The third-order valence-corrected chi connectivity index (χ3v) is 6.41. The van der Waals surface area contributed by atoms with Crippen molar-refractivity contribution in [2.75, 3.05) is 26.3 Å². The topological polar surface area (TPSA) is 76.6 Å². The molecule has 162 valence electrons. The fraction of sp³-hybridized carbons (Fsp3) is 0.591. The molecule has 2 aliphatic rings. The number of H-pyrrole nitrogens is 1. The second-order valence-electron chi connectivity index (χ2n) is 8.07. The molecule has 2 fully saturated rings. The zero-order valence-corrected chi connectivity index (χ0v) is 18.0. The number of carbonyl (C=O) groups excluding carboxylic acids is 1.